The Hall–Kier alpha value is -1.42. The Kier molecular flexibility index (Phi) is 4.01. The van der Waals surface area contributed by atoms with Gasteiger partial charge in [-0.2, -0.15) is 0 Å². The fourth-order valence-electron chi connectivity index (χ4n) is 1.58. The van der Waals surface area contributed by atoms with Crippen LogP contribution in [-0.2, 0) is 4.79 Å². The van der Waals surface area contributed by atoms with E-state index in [1.807, 2.05) is 20.8 Å². The third-order valence-electron chi connectivity index (χ3n) is 2.34. The van der Waals surface area contributed by atoms with Crippen molar-refractivity contribution in [3.05, 3.63) is 35.1 Å². The Balaban J connectivity index is 3.10. The molecule has 1 unspecified atom stereocenters. The van der Waals surface area contributed by atoms with E-state index in [2.05, 4.69) is 5.32 Å². The average molecular weight is 224 g/mol. The maximum absolute atomic E-state index is 13.1. The van der Waals surface area contributed by atoms with Crippen molar-refractivity contribution < 1.29 is 9.18 Å². The number of hydrogen-bond acceptors (Lipinski definition) is 2. The molecule has 1 amide bonds. The SMILES string of the molecule is Cc1ccc(F)cc1C(NC(C)C)C(N)=O. The van der Waals surface area contributed by atoms with Crippen molar-refractivity contribution in [2.75, 3.05) is 0 Å². The minimum Gasteiger partial charge on any atom is -0.368 e. The van der Waals surface area contributed by atoms with Crippen LogP contribution in [0.1, 0.15) is 31.0 Å². The molecule has 0 spiro atoms. The molecule has 3 N–H and O–H groups in total. The molecule has 0 aliphatic carbocycles. The number of carbonyl (C=O) groups is 1. The number of hydrogen-bond donors (Lipinski definition) is 2. The summed E-state index contributed by atoms with van der Waals surface area (Å²) < 4.78 is 13.1. The highest BCUT2D eigenvalue weighted by Gasteiger charge is 2.20. The van der Waals surface area contributed by atoms with Gasteiger partial charge in [0, 0.05) is 6.04 Å². The minimum atomic E-state index is -0.643. The van der Waals surface area contributed by atoms with Crippen LogP contribution in [0.4, 0.5) is 4.39 Å². The topological polar surface area (TPSA) is 55.1 Å². The van der Waals surface area contributed by atoms with Crippen LogP contribution in [0.25, 0.3) is 0 Å². The van der Waals surface area contributed by atoms with Crippen LogP contribution in [0.2, 0.25) is 0 Å². The highest BCUT2D eigenvalue weighted by Crippen LogP contribution is 2.19. The van der Waals surface area contributed by atoms with Crippen molar-refractivity contribution in [3.8, 4) is 0 Å². The minimum absolute atomic E-state index is 0.0974. The maximum atomic E-state index is 13.1. The monoisotopic (exact) mass is 224 g/mol. The standard InChI is InChI=1S/C12H17FN2O/c1-7(2)15-11(12(14)16)10-6-9(13)5-4-8(10)3/h4-7,11,15H,1-3H3,(H2,14,16). The van der Waals surface area contributed by atoms with Gasteiger partial charge in [-0.1, -0.05) is 6.07 Å². The number of aryl methyl sites for hydroxylation is 1. The molecule has 0 heterocycles. The fourth-order valence-corrected chi connectivity index (χ4v) is 1.58. The second-order valence-electron chi connectivity index (χ2n) is 4.16. The number of benzene rings is 1. The van der Waals surface area contributed by atoms with Gasteiger partial charge in [-0.05, 0) is 44.0 Å². The first kappa shape index (κ1) is 12.6. The maximum Gasteiger partial charge on any atom is 0.239 e. The molecule has 3 nitrogen and oxygen atoms in total. The van der Waals surface area contributed by atoms with Crippen molar-refractivity contribution in [1.29, 1.82) is 0 Å². The molecule has 1 aromatic rings. The molecule has 0 fully saturated rings. The Labute approximate surface area is 94.8 Å². The summed E-state index contributed by atoms with van der Waals surface area (Å²) in [5.74, 6) is -0.861. The first-order valence-corrected chi connectivity index (χ1v) is 5.23. The van der Waals surface area contributed by atoms with Crippen LogP contribution >= 0.6 is 0 Å². The molecule has 1 rings (SSSR count). The van der Waals surface area contributed by atoms with E-state index in [4.69, 9.17) is 5.73 Å². The normalized spacial score (nSPS) is 12.8. The van der Waals surface area contributed by atoms with Crippen LogP contribution in [0.15, 0.2) is 18.2 Å². The molecule has 1 atom stereocenters. The van der Waals surface area contributed by atoms with E-state index in [1.165, 1.54) is 12.1 Å². The summed E-state index contributed by atoms with van der Waals surface area (Å²) in [5, 5.41) is 3.02. The third-order valence-corrected chi connectivity index (χ3v) is 2.34. The molecule has 16 heavy (non-hydrogen) atoms. The Morgan fingerprint density at radius 2 is 2.06 bits per heavy atom. The average Bonchev–Trinajstić information content (AvgIpc) is 2.18. The van der Waals surface area contributed by atoms with Gasteiger partial charge in [0.1, 0.15) is 11.9 Å². The number of carbonyl (C=O) groups excluding carboxylic acids is 1. The van der Waals surface area contributed by atoms with Crippen molar-refractivity contribution >= 4 is 5.91 Å². The van der Waals surface area contributed by atoms with Crippen LogP contribution in [0.5, 0.6) is 0 Å². The zero-order valence-corrected chi connectivity index (χ0v) is 9.75. The van der Waals surface area contributed by atoms with E-state index >= 15 is 0 Å². The molecule has 0 saturated heterocycles. The molecule has 0 aromatic heterocycles. The lowest BCUT2D eigenvalue weighted by Crippen LogP contribution is -2.37. The molecule has 0 bridgehead atoms. The zero-order valence-electron chi connectivity index (χ0n) is 9.75. The van der Waals surface area contributed by atoms with Crippen LogP contribution < -0.4 is 11.1 Å². The fraction of sp³-hybridized carbons (Fsp3) is 0.417. The van der Waals surface area contributed by atoms with Gasteiger partial charge in [-0.3, -0.25) is 10.1 Å². The molecule has 0 aliphatic rings. The number of nitrogens with two attached hydrogens (primary N) is 1. The molecule has 0 radical (unpaired) electrons. The van der Waals surface area contributed by atoms with E-state index in [0.29, 0.717) is 5.56 Å². The summed E-state index contributed by atoms with van der Waals surface area (Å²) in [7, 11) is 0. The van der Waals surface area contributed by atoms with E-state index < -0.39 is 11.9 Å². The summed E-state index contributed by atoms with van der Waals surface area (Å²) in [5.41, 5.74) is 6.76. The van der Waals surface area contributed by atoms with Gasteiger partial charge in [0.2, 0.25) is 5.91 Å². The molecule has 4 heteroatoms. The second kappa shape index (κ2) is 5.07. The second-order valence-corrected chi connectivity index (χ2v) is 4.16. The van der Waals surface area contributed by atoms with E-state index in [0.717, 1.165) is 5.56 Å². The number of halogens is 1. The van der Waals surface area contributed by atoms with Crippen LogP contribution in [0.3, 0.4) is 0 Å². The highest BCUT2D eigenvalue weighted by atomic mass is 19.1. The number of primary amides is 1. The van der Waals surface area contributed by atoms with E-state index in [9.17, 15) is 9.18 Å². The van der Waals surface area contributed by atoms with Gasteiger partial charge in [-0.15, -0.1) is 0 Å². The van der Waals surface area contributed by atoms with Gasteiger partial charge >= 0.3 is 0 Å². The molecule has 0 saturated carbocycles. The quantitative estimate of drug-likeness (QED) is 0.817. The van der Waals surface area contributed by atoms with E-state index in [-0.39, 0.29) is 11.9 Å². The number of amides is 1. The van der Waals surface area contributed by atoms with Gasteiger partial charge in [-0.25, -0.2) is 4.39 Å². The van der Waals surface area contributed by atoms with Crippen molar-refractivity contribution in [2.24, 2.45) is 5.73 Å². The molecular weight excluding hydrogens is 207 g/mol. The van der Waals surface area contributed by atoms with Gasteiger partial charge in [0.15, 0.2) is 0 Å². The van der Waals surface area contributed by atoms with Crippen LogP contribution in [0, 0.1) is 12.7 Å². The smallest absolute Gasteiger partial charge is 0.239 e. The lowest BCUT2D eigenvalue weighted by molar-refractivity contribution is -0.120. The highest BCUT2D eigenvalue weighted by molar-refractivity contribution is 5.81. The first-order valence-electron chi connectivity index (χ1n) is 5.23. The summed E-state index contributed by atoms with van der Waals surface area (Å²) in [6.45, 7) is 5.64. The van der Waals surface area contributed by atoms with Crippen molar-refractivity contribution in [1.82, 2.24) is 5.32 Å². The molecule has 1 aromatic carbocycles. The largest absolute Gasteiger partial charge is 0.368 e. The third kappa shape index (κ3) is 3.03. The molecule has 88 valence electrons. The lowest BCUT2D eigenvalue weighted by atomic mass is 10.00. The Morgan fingerprint density at radius 1 is 1.44 bits per heavy atom. The number of nitrogens with one attached hydrogen (secondary N) is 1. The Bertz CT molecular complexity index is 391. The molecular formula is C12H17FN2O. The van der Waals surface area contributed by atoms with Gasteiger partial charge in [0.25, 0.3) is 0 Å². The van der Waals surface area contributed by atoms with E-state index in [1.54, 1.807) is 6.07 Å². The summed E-state index contributed by atoms with van der Waals surface area (Å²) in [6.07, 6.45) is 0. The first-order chi connectivity index (χ1) is 7.41. The van der Waals surface area contributed by atoms with Crippen molar-refractivity contribution in [3.63, 3.8) is 0 Å². The summed E-state index contributed by atoms with van der Waals surface area (Å²) >= 11 is 0. The van der Waals surface area contributed by atoms with Crippen LogP contribution in [-0.4, -0.2) is 11.9 Å². The van der Waals surface area contributed by atoms with Gasteiger partial charge < -0.3 is 5.73 Å². The predicted octanol–water partition coefficient (Wildman–Crippen LogP) is 1.66. The van der Waals surface area contributed by atoms with Crippen molar-refractivity contribution in [2.45, 2.75) is 32.9 Å². The van der Waals surface area contributed by atoms with Gasteiger partial charge in [0.05, 0.1) is 0 Å². The zero-order chi connectivity index (χ0) is 12.3. The summed E-state index contributed by atoms with van der Waals surface area (Å²) in [4.78, 5) is 11.3. The summed E-state index contributed by atoms with van der Waals surface area (Å²) in [6, 6.07) is 3.81. The predicted molar refractivity (Wildman–Crippen MR) is 61.3 cm³/mol. The Morgan fingerprint density at radius 3 is 2.56 bits per heavy atom. The number of rotatable bonds is 4. The lowest BCUT2D eigenvalue weighted by Gasteiger charge is -2.20. The molecule has 0 aliphatic heterocycles.